The van der Waals surface area contributed by atoms with Crippen molar-refractivity contribution in [3.05, 3.63) is 40.6 Å². The molecule has 0 radical (unpaired) electrons. The van der Waals surface area contributed by atoms with Gasteiger partial charge in [-0.05, 0) is 6.07 Å². The second-order valence-corrected chi connectivity index (χ2v) is 2.82. The maximum atomic E-state index is 11.1. The summed E-state index contributed by atoms with van der Waals surface area (Å²) in [6.07, 6.45) is 2.46. The maximum absolute atomic E-state index is 11.1. The van der Waals surface area contributed by atoms with E-state index in [9.17, 15) is 19.7 Å². The van der Waals surface area contributed by atoms with Crippen LogP contribution in [0.5, 0.6) is 0 Å². The number of hydrogen-bond donors (Lipinski definition) is 2. The molecule has 0 bridgehead atoms. The molecule has 0 fully saturated rings. The van der Waals surface area contributed by atoms with Gasteiger partial charge in [-0.1, -0.05) is 0 Å². The lowest BCUT2D eigenvalue weighted by atomic mass is 10.4. The lowest BCUT2D eigenvalue weighted by Crippen LogP contribution is -2.09. The van der Waals surface area contributed by atoms with Crippen LogP contribution in [0.15, 0.2) is 30.5 Å². The van der Waals surface area contributed by atoms with Crippen LogP contribution >= 0.6 is 0 Å². The second kappa shape index (κ2) is 5.35. The van der Waals surface area contributed by atoms with Crippen molar-refractivity contribution < 1.29 is 19.6 Å². The molecule has 8 heteroatoms. The third-order valence-electron chi connectivity index (χ3n) is 1.59. The molecular formula is C9H7N3O5. The molecule has 0 unspecified atom stereocenters. The molecule has 0 atom stereocenters. The van der Waals surface area contributed by atoms with Crippen LogP contribution in [-0.4, -0.2) is 26.9 Å². The fraction of sp³-hybridized carbons (Fsp3) is 0. The van der Waals surface area contributed by atoms with Gasteiger partial charge in [-0.2, -0.15) is 0 Å². The summed E-state index contributed by atoms with van der Waals surface area (Å²) in [4.78, 5) is 34.5. The van der Waals surface area contributed by atoms with E-state index in [1.54, 1.807) is 0 Å². The van der Waals surface area contributed by atoms with Crippen molar-refractivity contribution in [1.29, 1.82) is 0 Å². The first-order valence-electron chi connectivity index (χ1n) is 4.31. The minimum absolute atomic E-state index is 0.0932. The van der Waals surface area contributed by atoms with E-state index in [1.807, 2.05) is 0 Å². The summed E-state index contributed by atoms with van der Waals surface area (Å²) >= 11 is 0. The Kier molecular flexibility index (Phi) is 3.87. The largest absolute Gasteiger partial charge is 0.478 e. The van der Waals surface area contributed by atoms with E-state index in [0.29, 0.717) is 6.08 Å². The highest BCUT2D eigenvalue weighted by atomic mass is 16.6. The van der Waals surface area contributed by atoms with Crippen LogP contribution in [0.1, 0.15) is 0 Å². The molecule has 1 heterocycles. The molecule has 0 aromatic carbocycles. The number of anilines is 1. The fourth-order valence-electron chi connectivity index (χ4n) is 0.883. The molecule has 1 aromatic rings. The van der Waals surface area contributed by atoms with Gasteiger partial charge in [0, 0.05) is 18.2 Å². The van der Waals surface area contributed by atoms with Gasteiger partial charge in [0.25, 0.3) is 5.69 Å². The van der Waals surface area contributed by atoms with Crippen LogP contribution in [0.4, 0.5) is 11.5 Å². The normalized spacial score (nSPS) is 10.1. The fourth-order valence-corrected chi connectivity index (χ4v) is 0.883. The number of aromatic nitrogens is 1. The summed E-state index contributed by atoms with van der Waals surface area (Å²) in [7, 11) is 0. The van der Waals surface area contributed by atoms with E-state index in [-0.39, 0.29) is 11.5 Å². The molecule has 0 saturated heterocycles. The van der Waals surface area contributed by atoms with Crippen LogP contribution in [0.25, 0.3) is 0 Å². The predicted molar refractivity (Wildman–Crippen MR) is 56.3 cm³/mol. The molecular weight excluding hydrogens is 230 g/mol. The number of pyridine rings is 1. The van der Waals surface area contributed by atoms with Crippen LogP contribution in [0.3, 0.4) is 0 Å². The summed E-state index contributed by atoms with van der Waals surface area (Å²) in [5, 5.41) is 20.8. The predicted octanol–water partition coefficient (Wildman–Crippen LogP) is 0.569. The van der Waals surface area contributed by atoms with Crippen molar-refractivity contribution in [2.45, 2.75) is 0 Å². The highest BCUT2D eigenvalue weighted by Crippen LogP contribution is 2.11. The number of carboxylic acids is 1. The Labute approximate surface area is 94.7 Å². The van der Waals surface area contributed by atoms with Gasteiger partial charge >= 0.3 is 5.97 Å². The van der Waals surface area contributed by atoms with Crippen molar-refractivity contribution in [3.63, 3.8) is 0 Å². The first-order valence-corrected chi connectivity index (χ1v) is 4.31. The third-order valence-corrected chi connectivity index (χ3v) is 1.59. The Bertz CT molecular complexity index is 480. The number of nitrogens with zero attached hydrogens (tertiary/aromatic N) is 2. The van der Waals surface area contributed by atoms with E-state index in [2.05, 4.69) is 10.3 Å². The maximum Gasteiger partial charge on any atom is 0.328 e. The average molecular weight is 237 g/mol. The van der Waals surface area contributed by atoms with Crippen LogP contribution in [-0.2, 0) is 9.59 Å². The van der Waals surface area contributed by atoms with E-state index in [0.717, 1.165) is 12.3 Å². The zero-order chi connectivity index (χ0) is 12.8. The number of carboxylic acid groups (broad SMARTS) is 1. The van der Waals surface area contributed by atoms with Crippen molar-refractivity contribution in [3.8, 4) is 0 Å². The minimum atomic E-state index is -1.25. The molecule has 0 spiro atoms. The first kappa shape index (κ1) is 12.3. The number of amides is 1. The molecule has 8 nitrogen and oxygen atoms in total. The number of hydrogen-bond acceptors (Lipinski definition) is 5. The van der Waals surface area contributed by atoms with Crippen molar-refractivity contribution >= 4 is 23.4 Å². The monoisotopic (exact) mass is 237 g/mol. The number of carbonyl (C=O) groups excluding carboxylic acids is 1. The SMILES string of the molecule is O=C(O)/C=C/C(=O)Nc1ccc([N+](=O)[O-])cn1. The third kappa shape index (κ3) is 4.08. The van der Waals surface area contributed by atoms with Crippen molar-refractivity contribution in [1.82, 2.24) is 4.98 Å². The molecule has 2 N–H and O–H groups in total. The first-order chi connectivity index (χ1) is 7.99. The van der Waals surface area contributed by atoms with Gasteiger partial charge < -0.3 is 10.4 Å². The van der Waals surface area contributed by atoms with Crippen molar-refractivity contribution in [2.75, 3.05) is 5.32 Å². The van der Waals surface area contributed by atoms with Gasteiger partial charge in [0.2, 0.25) is 5.91 Å². The smallest absolute Gasteiger partial charge is 0.328 e. The standard InChI is InChI=1S/C9H7N3O5/c13-8(3-4-9(14)15)11-7-2-1-6(5-10-7)12(16)17/h1-5H,(H,14,15)(H,10,11,13)/b4-3+. The van der Waals surface area contributed by atoms with E-state index in [1.165, 1.54) is 12.1 Å². The molecule has 0 aliphatic carbocycles. The van der Waals surface area contributed by atoms with Gasteiger partial charge in [0.05, 0.1) is 4.92 Å². The average Bonchev–Trinajstić information content (AvgIpc) is 2.27. The van der Waals surface area contributed by atoms with E-state index in [4.69, 9.17) is 5.11 Å². The van der Waals surface area contributed by atoms with Crippen LogP contribution in [0, 0.1) is 10.1 Å². The van der Waals surface area contributed by atoms with E-state index < -0.39 is 16.8 Å². The highest BCUT2D eigenvalue weighted by molar-refractivity contribution is 6.01. The van der Waals surface area contributed by atoms with Gasteiger partial charge in [-0.3, -0.25) is 14.9 Å². The zero-order valence-electron chi connectivity index (χ0n) is 8.36. The van der Waals surface area contributed by atoms with Gasteiger partial charge in [-0.15, -0.1) is 0 Å². The topological polar surface area (TPSA) is 122 Å². The Balaban J connectivity index is 2.66. The Morgan fingerprint density at radius 2 is 2.12 bits per heavy atom. The molecule has 0 aliphatic heterocycles. The van der Waals surface area contributed by atoms with Crippen LogP contribution < -0.4 is 5.32 Å². The summed E-state index contributed by atoms with van der Waals surface area (Å²) in [5.74, 6) is -1.85. The van der Waals surface area contributed by atoms with Crippen LogP contribution in [0.2, 0.25) is 0 Å². The van der Waals surface area contributed by atoms with Gasteiger partial charge in [0.1, 0.15) is 12.0 Å². The quantitative estimate of drug-likeness (QED) is 0.448. The molecule has 0 aliphatic rings. The Hall–Kier alpha value is -2.77. The number of carbonyl (C=O) groups is 2. The van der Waals surface area contributed by atoms with Gasteiger partial charge in [0.15, 0.2) is 0 Å². The lowest BCUT2D eigenvalue weighted by Gasteiger charge is -1.99. The minimum Gasteiger partial charge on any atom is -0.478 e. The van der Waals surface area contributed by atoms with E-state index >= 15 is 0 Å². The summed E-state index contributed by atoms with van der Waals surface area (Å²) in [6, 6.07) is 2.41. The Morgan fingerprint density at radius 1 is 1.41 bits per heavy atom. The van der Waals surface area contributed by atoms with Gasteiger partial charge in [-0.25, -0.2) is 9.78 Å². The highest BCUT2D eigenvalue weighted by Gasteiger charge is 2.06. The molecule has 1 aromatic heterocycles. The zero-order valence-corrected chi connectivity index (χ0v) is 8.36. The number of aliphatic carboxylic acids is 1. The lowest BCUT2D eigenvalue weighted by molar-refractivity contribution is -0.385. The number of nitrogens with one attached hydrogen (secondary N) is 1. The summed E-state index contributed by atoms with van der Waals surface area (Å²) < 4.78 is 0. The number of nitro groups is 1. The molecule has 17 heavy (non-hydrogen) atoms. The number of rotatable bonds is 4. The molecule has 1 amide bonds. The molecule has 88 valence electrons. The van der Waals surface area contributed by atoms with Crippen molar-refractivity contribution in [2.24, 2.45) is 0 Å². The summed E-state index contributed by atoms with van der Waals surface area (Å²) in [6.45, 7) is 0. The second-order valence-electron chi connectivity index (χ2n) is 2.82. The summed E-state index contributed by atoms with van der Waals surface area (Å²) in [5.41, 5.74) is -0.205. The molecule has 1 rings (SSSR count). The Morgan fingerprint density at radius 3 is 2.59 bits per heavy atom. The molecule has 0 saturated carbocycles.